The zero-order chi connectivity index (χ0) is 16.0. The maximum absolute atomic E-state index is 11.2. The van der Waals surface area contributed by atoms with Gasteiger partial charge in [-0.25, -0.2) is 0 Å². The highest BCUT2D eigenvalue weighted by atomic mass is 16.7. The van der Waals surface area contributed by atoms with Crippen LogP contribution in [-0.4, -0.2) is 55.7 Å². The molecule has 0 radical (unpaired) electrons. The van der Waals surface area contributed by atoms with E-state index in [4.69, 9.17) is 23.7 Å². The quantitative estimate of drug-likeness (QED) is 0.506. The largest absolute Gasteiger partial charge is 0.455 e. The summed E-state index contributed by atoms with van der Waals surface area (Å²) >= 11 is 0. The summed E-state index contributed by atoms with van der Waals surface area (Å²) in [5.74, 6) is -1.77. The minimum atomic E-state index is -1.14. The first-order valence-corrected chi connectivity index (χ1v) is 6.60. The molecule has 0 N–H and O–H groups in total. The van der Waals surface area contributed by atoms with E-state index in [9.17, 15) is 14.4 Å². The van der Waals surface area contributed by atoms with E-state index in [1.807, 2.05) is 0 Å². The second-order valence-electron chi connectivity index (χ2n) is 4.46. The maximum Gasteiger partial charge on any atom is 0.305 e. The number of hydrogen-bond acceptors (Lipinski definition) is 8. The number of hydrogen-bond donors (Lipinski definition) is 0. The summed E-state index contributed by atoms with van der Waals surface area (Å²) in [6.45, 7) is 5.97. The molecule has 1 rings (SSSR count). The van der Waals surface area contributed by atoms with Crippen LogP contribution in [0.15, 0.2) is 0 Å². The molecule has 0 spiro atoms. The van der Waals surface area contributed by atoms with Gasteiger partial charge < -0.3 is 23.7 Å². The van der Waals surface area contributed by atoms with Gasteiger partial charge in [-0.3, -0.25) is 14.4 Å². The van der Waals surface area contributed by atoms with Crippen molar-refractivity contribution in [1.82, 2.24) is 0 Å². The van der Waals surface area contributed by atoms with Crippen LogP contribution in [-0.2, 0) is 38.1 Å². The second kappa shape index (κ2) is 7.94. The molecule has 1 aliphatic heterocycles. The Morgan fingerprint density at radius 1 is 0.905 bits per heavy atom. The zero-order valence-electron chi connectivity index (χ0n) is 12.5. The molecule has 0 amide bonds. The van der Waals surface area contributed by atoms with Crippen LogP contribution in [0.3, 0.4) is 0 Å². The Balaban J connectivity index is 2.91. The minimum absolute atomic E-state index is 0.115. The van der Waals surface area contributed by atoms with Crippen LogP contribution >= 0.6 is 0 Å². The van der Waals surface area contributed by atoms with Crippen LogP contribution < -0.4 is 0 Å². The van der Waals surface area contributed by atoms with E-state index in [1.165, 1.54) is 20.8 Å². The number of carbonyl (C=O) groups is 3. The summed E-state index contributed by atoms with van der Waals surface area (Å²) in [5, 5.41) is 0. The molecular formula is C13H20O8. The molecule has 1 saturated heterocycles. The van der Waals surface area contributed by atoms with Crippen LogP contribution in [0.25, 0.3) is 0 Å². The Kier molecular flexibility index (Phi) is 6.57. The van der Waals surface area contributed by atoms with Gasteiger partial charge in [0.2, 0.25) is 12.4 Å². The highest BCUT2D eigenvalue weighted by Crippen LogP contribution is 2.28. The van der Waals surface area contributed by atoms with Crippen LogP contribution in [0, 0.1) is 0 Å². The molecule has 8 heteroatoms. The van der Waals surface area contributed by atoms with Gasteiger partial charge in [-0.2, -0.15) is 0 Å². The Hall–Kier alpha value is -1.67. The molecule has 0 aromatic carbocycles. The van der Waals surface area contributed by atoms with Crippen molar-refractivity contribution in [3.8, 4) is 0 Å². The average molecular weight is 304 g/mol. The molecule has 0 saturated carbocycles. The average Bonchev–Trinajstić information content (AvgIpc) is 2.63. The van der Waals surface area contributed by atoms with Crippen molar-refractivity contribution in [2.45, 2.75) is 52.3 Å². The van der Waals surface area contributed by atoms with E-state index in [0.717, 1.165) is 0 Å². The van der Waals surface area contributed by atoms with Gasteiger partial charge in [-0.1, -0.05) is 0 Å². The predicted octanol–water partition coefficient (Wildman–Crippen LogP) is 0.174. The number of esters is 3. The Morgan fingerprint density at radius 3 is 1.90 bits per heavy atom. The van der Waals surface area contributed by atoms with Gasteiger partial charge in [-0.05, 0) is 6.92 Å². The summed E-state index contributed by atoms with van der Waals surface area (Å²) in [7, 11) is 0. The molecule has 1 fully saturated rings. The third kappa shape index (κ3) is 5.31. The van der Waals surface area contributed by atoms with Crippen molar-refractivity contribution in [2.24, 2.45) is 0 Å². The molecule has 1 heterocycles. The molecule has 1 aliphatic rings. The standard InChI is InChI=1S/C13H20O8/c1-5-17-6-10-11(18-7(2)14)12(19-8(3)15)13(21-10)20-9(4)16/h10-13H,5-6H2,1-4H3. The van der Waals surface area contributed by atoms with E-state index in [0.29, 0.717) is 6.61 Å². The normalized spacial score (nSPS) is 28.0. The third-order valence-electron chi connectivity index (χ3n) is 2.64. The Labute approximate surface area is 122 Å². The summed E-state index contributed by atoms with van der Waals surface area (Å²) in [6.07, 6.45) is -3.76. The van der Waals surface area contributed by atoms with Crippen LogP contribution in [0.1, 0.15) is 27.7 Å². The van der Waals surface area contributed by atoms with Crippen LogP contribution in [0.5, 0.6) is 0 Å². The molecule has 0 aliphatic carbocycles. The molecule has 4 unspecified atom stereocenters. The zero-order valence-corrected chi connectivity index (χ0v) is 12.5. The van der Waals surface area contributed by atoms with Crippen LogP contribution in [0.4, 0.5) is 0 Å². The molecule has 0 aromatic heterocycles. The van der Waals surface area contributed by atoms with Gasteiger partial charge >= 0.3 is 17.9 Å². The van der Waals surface area contributed by atoms with Crippen LogP contribution in [0.2, 0.25) is 0 Å². The molecular weight excluding hydrogens is 284 g/mol. The van der Waals surface area contributed by atoms with E-state index < -0.39 is 42.5 Å². The maximum atomic E-state index is 11.2. The SMILES string of the molecule is CCOCC1OC(OC(C)=O)C(OC(C)=O)C1OC(C)=O. The monoisotopic (exact) mass is 304 g/mol. The van der Waals surface area contributed by atoms with Crippen molar-refractivity contribution >= 4 is 17.9 Å². The van der Waals surface area contributed by atoms with E-state index in [1.54, 1.807) is 6.92 Å². The van der Waals surface area contributed by atoms with Crippen molar-refractivity contribution in [2.75, 3.05) is 13.2 Å². The lowest BCUT2D eigenvalue weighted by Crippen LogP contribution is -2.41. The lowest BCUT2D eigenvalue weighted by molar-refractivity contribution is -0.196. The summed E-state index contributed by atoms with van der Waals surface area (Å²) in [4.78, 5) is 33.5. The fraction of sp³-hybridized carbons (Fsp3) is 0.769. The third-order valence-corrected chi connectivity index (χ3v) is 2.64. The fourth-order valence-electron chi connectivity index (χ4n) is 1.97. The van der Waals surface area contributed by atoms with Gasteiger partial charge in [0.15, 0.2) is 6.10 Å². The molecule has 8 nitrogen and oxygen atoms in total. The number of ether oxygens (including phenoxy) is 5. The highest BCUT2D eigenvalue weighted by Gasteiger charge is 2.51. The Morgan fingerprint density at radius 2 is 1.43 bits per heavy atom. The summed E-state index contributed by atoms with van der Waals surface area (Å²) in [6, 6.07) is 0. The summed E-state index contributed by atoms with van der Waals surface area (Å²) in [5.41, 5.74) is 0. The van der Waals surface area contributed by atoms with E-state index >= 15 is 0 Å². The fourth-order valence-corrected chi connectivity index (χ4v) is 1.97. The smallest absolute Gasteiger partial charge is 0.305 e. The van der Waals surface area contributed by atoms with Crippen molar-refractivity contribution < 1.29 is 38.1 Å². The van der Waals surface area contributed by atoms with E-state index in [-0.39, 0.29) is 6.61 Å². The molecule has 0 bridgehead atoms. The molecule has 21 heavy (non-hydrogen) atoms. The lowest BCUT2D eigenvalue weighted by atomic mass is 10.1. The van der Waals surface area contributed by atoms with Crippen molar-refractivity contribution in [3.63, 3.8) is 0 Å². The van der Waals surface area contributed by atoms with Gasteiger partial charge in [0.1, 0.15) is 6.10 Å². The lowest BCUT2D eigenvalue weighted by Gasteiger charge is -2.22. The van der Waals surface area contributed by atoms with E-state index in [2.05, 4.69) is 0 Å². The predicted molar refractivity (Wildman–Crippen MR) is 68.0 cm³/mol. The summed E-state index contributed by atoms with van der Waals surface area (Å²) < 4.78 is 25.9. The van der Waals surface area contributed by atoms with Gasteiger partial charge in [0.25, 0.3) is 0 Å². The first-order valence-electron chi connectivity index (χ1n) is 6.60. The molecule has 4 atom stereocenters. The first-order chi connectivity index (χ1) is 9.85. The molecule has 120 valence electrons. The highest BCUT2D eigenvalue weighted by molar-refractivity contribution is 5.68. The second-order valence-corrected chi connectivity index (χ2v) is 4.46. The topological polar surface area (TPSA) is 97.4 Å². The molecule has 0 aromatic rings. The van der Waals surface area contributed by atoms with Gasteiger partial charge in [-0.15, -0.1) is 0 Å². The van der Waals surface area contributed by atoms with Gasteiger partial charge in [0, 0.05) is 27.4 Å². The minimum Gasteiger partial charge on any atom is -0.455 e. The first kappa shape index (κ1) is 17.4. The van der Waals surface area contributed by atoms with Crippen molar-refractivity contribution in [3.05, 3.63) is 0 Å². The number of rotatable bonds is 6. The van der Waals surface area contributed by atoms with Gasteiger partial charge in [0.05, 0.1) is 6.61 Å². The van der Waals surface area contributed by atoms with Crippen molar-refractivity contribution in [1.29, 1.82) is 0 Å². The Bertz CT molecular complexity index is 394. The number of carbonyl (C=O) groups excluding carboxylic acids is 3.